The van der Waals surface area contributed by atoms with Crippen LogP contribution in [-0.4, -0.2) is 51.3 Å². The SMILES string of the molecule is NS(=O)(=O)c1cccc(NC(=O)c2cc(C(F)(F)F)cnc2N2CCO[C@H](C(F)(F)F)C2)c1. The summed E-state index contributed by atoms with van der Waals surface area (Å²) in [6.45, 7) is -1.35. The number of benzene rings is 1. The Hall–Kier alpha value is -2.91. The molecule has 33 heavy (non-hydrogen) atoms. The first kappa shape index (κ1) is 24.7. The van der Waals surface area contributed by atoms with Crippen LogP contribution in [0.1, 0.15) is 15.9 Å². The van der Waals surface area contributed by atoms with E-state index in [4.69, 9.17) is 5.14 Å². The third-order valence-corrected chi connectivity index (χ3v) is 5.50. The molecule has 0 bridgehead atoms. The van der Waals surface area contributed by atoms with Gasteiger partial charge in [-0.2, -0.15) is 26.3 Å². The zero-order chi connectivity index (χ0) is 24.6. The molecule has 15 heteroatoms. The van der Waals surface area contributed by atoms with Gasteiger partial charge in [0, 0.05) is 18.4 Å². The molecule has 0 spiro atoms. The Balaban J connectivity index is 1.99. The zero-order valence-corrected chi connectivity index (χ0v) is 17.3. The molecule has 1 aliphatic heterocycles. The number of alkyl halides is 6. The minimum atomic E-state index is -4.88. The van der Waals surface area contributed by atoms with E-state index in [1.165, 1.54) is 12.1 Å². The number of anilines is 2. The molecule has 180 valence electrons. The number of ether oxygens (including phenoxy) is 1. The van der Waals surface area contributed by atoms with E-state index < -0.39 is 64.5 Å². The summed E-state index contributed by atoms with van der Waals surface area (Å²) in [6, 6.07) is 5.05. The van der Waals surface area contributed by atoms with E-state index in [1.807, 2.05) is 0 Å². The zero-order valence-electron chi connectivity index (χ0n) is 16.4. The molecule has 1 atom stereocenters. The van der Waals surface area contributed by atoms with E-state index in [-0.39, 0.29) is 17.1 Å². The number of pyridine rings is 1. The second kappa shape index (κ2) is 8.79. The van der Waals surface area contributed by atoms with Crippen LogP contribution in [0.5, 0.6) is 0 Å². The van der Waals surface area contributed by atoms with Crippen molar-refractivity contribution >= 4 is 27.4 Å². The molecule has 2 aromatic rings. The number of sulfonamides is 1. The third-order valence-electron chi connectivity index (χ3n) is 4.59. The molecule has 0 aliphatic carbocycles. The topological polar surface area (TPSA) is 115 Å². The monoisotopic (exact) mass is 498 g/mol. The molecule has 0 saturated carbocycles. The maximum Gasteiger partial charge on any atom is 0.417 e. The van der Waals surface area contributed by atoms with Gasteiger partial charge < -0.3 is 15.0 Å². The molecule has 1 aliphatic rings. The summed E-state index contributed by atoms with van der Waals surface area (Å²) in [5.74, 6) is -1.56. The van der Waals surface area contributed by atoms with Crippen molar-refractivity contribution in [2.75, 3.05) is 29.9 Å². The number of aromatic nitrogens is 1. The fraction of sp³-hybridized carbons (Fsp3) is 0.333. The second-order valence-electron chi connectivity index (χ2n) is 6.97. The minimum absolute atomic E-state index is 0.120. The van der Waals surface area contributed by atoms with E-state index in [1.54, 1.807) is 0 Å². The number of rotatable bonds is 4. The van der Waals surface area contributed by atoms with Crippen molar-refractivity contribution in [2.45, 2.75) is 23.4 Å². The highest BCUT2D eigenvalue weighted by molar-refractivity contribution is 7.89. The Morgan fingerprint density at radius 1 is 1.18 bits per heavy atom. The van der Waals surface area contributed by atoms with E-state index in [0.29, 0.717) is 12.3 Å². The molecule has 1 aromatic heterocycles. The summed E-state index contributed by atoms with van der Waals surface area (Å²) in [5, 5.41) is 7.24. The van der Waals surface area contributed by atoms with Gasteiger partial charge in [0.15, 0.2) is 6.10 Å². The molecule has 1 aromatic carbocycles. The number of carbonyl (C=O) groups is 1. The minimum Gasteiger partial charge on any atom is -0.365 e. The number of hydrogen-bond donors (Lipinski definition) is 2. The molecule has 1 fully saturated rings. The van der Waals surface area contributed by atoms with E-state index >= 15 is 0 Å². The van der Waals surface area contributed by atoms with Crippen molar-refractivity contribution < 1.29 is 44.3 Å². The lowest BCUT2D eigenvalue weighted by Crippen LogP contribution is -2.50. The summed E-state index contributed by atoms with van der Waals surface area (Å²) in [4.78, 5) is 17.1. The van der Waals surface area contributed by atoms with E-state index in [0.717, 1.165) is 17.0 Å². The fourth-order valence-corrected chi connectivity index (χ4v) is 3.58. The van der Waals surface area contributed by atoms with Gasteiger partial charge >= 0.3 is 12.4 Å². The number of amides is 1. The molecule has 0 radical (unpaired) electrons. The first-order chi connectivity index (χ1) is 15.2. The first-order valence-corrected chi connectivity index (χ1v) is 10.7. The van der Waals surface area contributed by atoms with Gasteiger partial charge in [-0.05, 0) is 24.3 Å². The highest BCUT2D eigenvalue weighted by atomic mass is 32.2. The lowest BCUT2D eigenvalue weighted by molar-refractivity contribution is -0.221. The van der Waals surface area contributed by atoms with Gasteiger partial charge in [-0.25, -0.2) is 18.5 Å². The maximum atomic E-state index is 13.2. The molecule has 2 heterocycles. The predicted octanol–water partition coefficient (Wildman–Crippen LogP) is 2.77. The number of halogens is 6. The summed E-state index contributed by atoms with van der Waals surface area (Å²) in [7, 11) is -4.14. The number of primary sulfonamides is 1. The molecule has 3 N–H and O–H groups in total. The van der Waals surface area contributed by atoms with Crippen molar-refractivity contribution in [2.24, 2.45) is 5.14 Å². The fourth-order valence-electron chi connectivity index (χ4n) is 3.02. The van der Waals surface area contributed by atoms with Crippen molar-refractivity contribution in [1.82, 2.24) is 4.98 Å². The second-order valence-corrected chi connectivity index (χ2v) is 8.53. The standard InChI is InChI=1S/C18H16F6N4O4S/c19-17(20,21)10-6-13(16(29)27-11-2-1-3-12(7-11)33(25,30)31)15(26-8-10)28-4-5-32-14(9-28)18(22,23)24/h1-3,6-8,14H,4-5,9H2,(H,27,29)(H2,25,30,31)/t14-/m0/s1. The van der Waals surface area contributed by atoms with Gasteiger partial charge in [-0.15, -0.1) is 0 Å². The van der Waals surface area contributed by atoms with Crippen LogP contribution in [0.4, 0.5) is 37.8 Å². The van der Waals surface area contributed by atoms with Crippen molar-refractivity contribution in [3.8, 4) is 0 Å². The summed E-state index contributed by atoms with van der Waals surface area (Å²) in [5.41, 5.74) is -2.07. The Labute approximate surface area is 183 Å². The molecule has 3 rings (SSSR count). The maximum absolute atomic E-state index is 13.2. The van der Waals surface area contributed by atoms with Crippen LogP contribution >= 0.6 is 0 Å². The average Bonchev–Trinajstić information content (AvgIpc) is 2.71. The van der Waals surface area contributed by atoms with E-state index in [2.05, 4.69) is 15.0 Å². The molecule has 0 unspecified atom stereocenters. The van der Waals surface area contributed by atoms with Gasteiger partial charge in [0.2, 0.25) is 10.0 Å². The van der Waals surface area contributed by atoms with Crippen LogP contribution < -0.4 is 15.4 Å². The van der Waals surface area contributed by atoms with E-state index in [9.17, 15) is 39.6 Å². The predicted molar refractivity (Wildman–Crippen MR) is 103 cm³/mol. The Morgan fingerprint density at radius 3 is 2.48 bits per heavy atom. The van der Waals surface area contributed by atoms with Crippen LogP contribution in [0.2, 0.25) is 0 Å². The summed E-state index contributed by atoms with van der Waals surface area (Å²) in [6.07, 6.45) is -11.4. The van der Waals surface area contributed by atoms with Gasteiger partial charge in [0.1, 0.15) is 5.82 Å². The van der Waals surface area contributed by atoms with Crippen molar-refractivity contribution in [3.05, 3.63) is 47.7 Å². The highest BCUT2D eigenvalue weighted by Gasteiger charge is 2.44. The smallest absolute Gasteiger partial charge is 0.365 e. The number of hydrogen-bond acceptors (Lipinski definition) is 6. The van der Waals surface area contributed by atoms with Crippen LogP contribution in [-0.2, 0) is 20.9 Å². The van der Waals surface area contributed by atoms with Gasteiger partial charge in [0.25, 0.3) is 5.91 Å². The lowest BCUT2D eigenvalue weighted by Gasteiger charge is -2.35. The normalized spacial score (nSPS) is 17.7. The Kier molecular flexibility index (Phi) is 6.59. The van der Waals surface area contributed by atoms with Crippen LogP contribution in [0.25, 0.3) is 0 Å². The first-order valence-electron chi connectivity index (χ1n) is 9.11. The van der Waals surface area contributed by atoms with Gasteiger partial charge in [-0.3, -0.25) is 4.79 Å². The Bertz CT molecular complexity index is 1150. The van der Waals surface area contributed by atoms with Gasteiger partial charge in [0.05, 0.1) is 29.2 Å². The largest absolute Gasteiger partial charge is 0.417 e. The number of carbonyl (C=O) groups excluding carboxylic acids is 1. The van der Waals surface area contributed by atoms with Crippen molar-refractivity contribution in [3.63, 3.8) is 0 Å². The highest BCUT2D eigenvalue weighted by Crippen LogP contribution is 2.34. The lowest BCUT2D eigenvalue weighted by atomic mass is 10.1. The number of nitrogens with one attached hydrogen (secondary N) is 1. The third kappa shape index (κ3) is 5.91. The molecule has 1 saturated heterocycles. The summed E-state index contributed by atoms with van der Waals surface area (Å²) < 4.78 is 106. The summed E-state index contributed by atoms with van der Waals surface area (Å²) >= 11 is 0. The van der Waals surface area contributed by atoms with Crippen LogP contribution in [0.15, 0.2) is 41.4 Å². The molecule has 1 amide bonds. The van der Waals surface area contributed by atoms with Gasteiger partial charge in [-0.1, -0.05) is 6.07 Å². The van der Waals surface area contributed by atoms with Crippen LogP contribution in [0, 0.1) is 0 Å². The molecule has 8 nitrogen and oxygen atoms in total. The Morgan fingerprint density at radius 2 is 1.88 bits per heavy atom. The van der Waals surface area contributed by atoms with Crippen LogP contribution in [0.3, 0.4) is 0 Å². The van der Waals surface area contributed by atoms with Crippen molar-refractivity contribution in [1.29, 1.82) is 0 Å². The number of nitrogens with zero attached hydrogens (tertiary/aromatic N) is 2. The quantitative estimate of drug-likeness (QED) is 0.627. The molecular formula is C18H16F6N4O4S. The number of morpholine rings is 1. The average molecular weight is 498 g/mol. The number of nitrogens with two attached hydrogens (primary N) is 1. The molecular weight excluding hydrogens is 482 g/mol.